The second-order valence-corrected chi connectivity index (χ2v) is 10.1. The number of amides is 1. The quantitative estimate of drug-likeness (QED) is 0.508. The molecule has 2 unspecified atom stereocenters. The summed E-state index contributed by atoms with van der Waals surface area (Å²) in [5.74, 6) is 1.04. The Morgan fingerprint density at radius 2 is 2.00 bits per heavy atom. The molecule has 33 heavy (non-hydrogen) atoms. The lowest BCUT2D eigenvalue weighted by molar-refractivity contribution is 0.0605. The molecule has 1 aromatic carbocycles. The topological polar surface area (TPSA) is 77.5 Å². The fraction of sp³-hybridized carbons (Fsp3) is 0.440. The Morgan fingerprint density at radius 3 is 2.79 bits per heavy atom. The number of benzene rings is 1. The molecule has 2 aromatic heterocycles. The van der Waals surface area contributed by atoms with Gasteiger partial charge in [-0.05, 0) is 57.2 Å². The van der Waals surface area contributed by atoms with Crippen molar-refractivity contribution in [3.05, 3.63) is 57.3 Å². The van der Waals surface area contributed by atoms with Crippen molar-refractivity contribution in [1.29, 1.82) is 5.26 Å². The molecular weight excluding hydrogens is 480 g/mol. The molecule has 2 saturated heterocycles. The zero-order valence-electron chi connectivity index (χ0n) is 19.0. The van der Waals surface area contributed by atoms with E-state index in [4.69, 9.17) is 10.1 Å². The zero-order chi connectivity index (χ0) is 23.1. The summed E-state index contributed by atoms with van der Waals surface area (Å²) >= 11 is 3.51. The predicted octanol–water partition coefficient (Wildman–Crippen LogP) is 4.83. The Balaban J connectivity index is 1.47. The van der Waals surface area contributed by atoms with E-state index < -0.39 is 0 Å². The van der Waals surface area contributed by atoms with Crippen LogP contribution in [0, 0.1) is 31.1 Å². The van der Waals surface area contributed by atoms with Crippen molar-refractivity contribution in [1.82, 2.24) is 19.5 Å². The van der Waals surface area contributed by atoms with Gasteiger partial charge in [0.25, 0.3) is 5.91 Å². The van der Waals surface area contributed by atoms with E-state index in [2.05, 4.69) is 26.9 Å². The molecule has 8 heteroatoms. The average Bonchev–Trinajstić information content (AvgIpc) is 3.46. The standard InChI is InChI=1S/C25H27BrN6O/c1-16-6-7-19(26)11-20(16)25(33)31-9-4-3-5-22(31)21-12-23-28-24(17(2)14-32(23)29-21)30-10-8-18(13-27)15-30/h6-7,11-12,14,18,22H,3-5,8-10,15H2,1-2H3. The fourth-order valence-electron chi connectivity index (χ4n) is 5.02. The molecule has 5 rings (SSSR count). The van der Waals surface area contributed by atoms with Crippen molar-refractivity contribution in [2.75, 3.05) is 24.5 Å². The number of nitrogens with zero attached hydrogens (tertiary/aromatic N) is 6. The molecule has 0 radical (unpaired) electrons. The summed E-state index contributed by atoms with van der Waals surface area (Å²) in [6, 6.07) is 10.2. The molecule has 2 aliphatic heterocycles. The van der Waals surface area contributed by atoms with Gasteiger partial charge in [-0.15, -0.1) is 0 Å². The predicted molar refractivity (Wildman–Crippen MR) is 130 cm³/mol. The van der Waals surface area contributed by atoms with E-state index in [0.717, 1.165) is 83.6 Å². The highest BCUT2D eigenvalue weighted by Gasteiger charge is 2.32. The van der Waals surface area contributed by atoms with Crippen molar-refractivity contribution >= 4 is 33.3 Å². The third kappa shape index (κ3) is 4.10. The van der Waals surface area contributed by atoms with Gasteiger partial charge >= 0.3 is 0 Å². The highest BCUT2D eigenvalue weighted by atomic mass is 79.9. The molecule has 4 heterocycles. The molecule has 2 aliphatic rings. The zero-order valence-corrected chi connectivity index (χ0v) is 20.5. The summed E-state index contributed by atoms with van der Waals surface area (Å²) in [6.07, 6.45) is 5.85. The van der Waals surface area contributed by atoms with Crippen LogP contribution in [0.1, 0.15) is 58.9 Å². The van der Waals surface area contributed by atoms with Crippen molar-refractivity contribution < 1.29 is 4.79 Å². The van der Waals surface area contributed by atoms with E-state index >= 15 is 0 Å². The number of piperidine rings is 1. The molecule has 0 saturated carbocycles. The van der Waals surface area contributed by atoms with Crippen LogP contribution in [0.4, 0.5) is 5.82 Å². The van der Waals surface area contributed by atoms with Crippen LogP contribution in [0.15, 0.2) is 34.9 Å². The number of hydrogen-bond donors (Lipinski definition) is 0. The Hall–Kier alpha value is -2.92. The van der Waals surface area contributed by atoms with Gasteiger partial charge in [0.15, 0.2) is 5.65 Å². The number of aryl methyl sites for hydroxylation is 2. The molecular formula is C25H27BrN6O. The molecule has 0 spiro atoms. The number of carbonyl (C=O) groups is 1. The van der Waals surface area contributed by atoms with E-state index in [-0.39, 0.29) is 17.9 Å². The summed E-state index contributed by atoms with van der Waals surface area (Å²) in [4.78, 5) is 22.6. The largest absolute Gasteiger partial charge is 0.355 e. The van der Waals surface area contributed by atoms with Crippen molar-refractivity contribution in [2.45, 2.75) is 45.6 Å². The molecule has 1 amide bonds. The van der Waals surface area contributed by atoms with Crippen molar-refractivity contribution in [2.24, 2.45) is 5.92 Å². The van der Waals surface area contributed by atoms with Gasteiger partial charge in [0.1, 0.15) is 5.82 Å². The highest BCUT2D eigenvalue weighted by Crippen LogP contribution is 2.33. The van der Waals surface area contributed by atoms with Crippen LogP contribution in [0.5, 0.6) is 0 Å². The SMILES string of the molecule is Cc1ccc(Br)cc1C(=O)N1CCCCC1c1cc2nc(N3CCC(C#N)C3)c(C)cn2n1. The molecule has 170 valence electrons. The second-order valence-electron chi connectivity index (χ2n) is 9.15. The van der Waals surface area contributed by atoms with Crippen LogP contribution in [0.25, 0.3) is 5.65 Å². The molecule has 2 fully saturated rings. The van der Waals surface area contributed by atoms with E-state index in [1.807, 2.05) is 53.7 Å². The van der Waals surface area contributed by atoms with E-state index in [0.29, 0.717) is 0 Å². The number of likely N-dealkylation sites (tertiary alicyclic amines) is 1. The van der Waals surface area contributed by atoms with E-state index in [1.165, 1.54) is 0 Å². The number of fused-ring (bicyclic) bond motifs is 1. The van der Waals surface area contributed by atoms with Gasteiger partial charge in [-0.3, -0.25) is 4.79 Å². The smallest absolute Gasteiger partial charge is 0.254 e. The first-order valence-electron chi connectivity index (χ1n) is 11.5. The Bertz CT molecular complexity index is 1260. The number of aromatic nitrogens is 3. The third-order valence-electron chi connectivity index (χ3n) is 6.83. The van der Waals surface area contributed by atoms with Crippen molar-refractivity contribution in [3.8, 4) is 6.07 Å². The molecule has 0 N–H and O–H groups in total. The normalized spacial score (nSPS) is 20.9. The second kappa shape index (κ2) is 8.79. The summed E-state index contributed by atoms with van der Waals surface area (Å²) < 4.78 is 2.73. The van der Waals surface area contributed by atoms with Crippen LogP contribution in [-0.2, 0) is 0 Å². The maximum absolute atomic E-state index is 13.5. The molecule has 0 aliphatic carbocycles. The number of carbonyl (C=O) groups excluding carboxylic acids is 1. The number of anilines is 1. The molecule has 3 aromatic rings. The third-order valence-corrected chi connectivity index (χ3v) is 7.32. The van der Waals surface area contributed by atoms with Gasteiger partial charge in [-0.2, -0.15) is 10.4 Å². The average molecular weight is 507 g/mol. The van der Waals surface area contributed by atoms with Gasteiger partial charge in [-0.25, -0.2) is 9.50 Å². The molecule has 2 atom stereocenters. The van der Waals surface area contributed by atoms with Gasteiger partial charge in [0.2, 0.25) is 0 Å². The monoisotopic (exact) mass is 506 g/mol. The minimum atomic E-state index is -0.0650. The minimum absolute atomic E-state index is 0.0556. The number of rotatable bonds is 3. The fourth-order valence-corrected chi connectivity index (χ4v) is 5.38. The Morgan fingerprint density at radius 1 is 1.15 bits per heavy atom. The Labute approximate surface area is 202 Å². The Kier molecular flexibility index (Phi) is 5.83. The van der Waals surface area contributed by atoms with Crippen LogP contribution in [-0.4, -0.2) is 45.0 Å². The lowest BCUT2D eigenvalue weighted by atomic mass is 9.97. The van der Waals surface area contributed by atoms with Gasteiger partial charge < -0.3 is 9.80 Å². The van der Waals surface area contributed by atoms with Crippen LogP contribution >= 0.6 is 15.9 Å². The van der Waals surface area contributed by atoms with Crippen LogP contribution < -0.4 is 4.90 Å². The minimum Gasteiger partial charge on any atom is -0.355 e. The lowest BCUT2D eigenvalue weighted by Gasteiger charge is -2.35. The van der Waals surface area contributed by atoms with Gasteiger partial charge in [0, 0.05) is 47.5 Å². The van der Waals surface area contributed by atoms with Gasteiger partial charge in [-0.1, -0.05) is 22.0 Å². The summed E-state index contributed by atoms with van der Waals surface area (Å²) in [7, 11) is 0. The summed E-state index contributed by atoms with van der Waals surface area (Å²) in [6.45, 7) is 6.31. The maximum atomic E-state index is 13.5. The van der Waals surface area contributed by atoms with Crippen LogP contribution in [0.2, 0.25) is 0 Å². The van der Waals surface area contributed by atoms with Gasteiger partial charge in [0.05, 0.1) is 23.7 Å². The first-order valence-corrected chi connectivity index (χ1v) is 12.3. The molecule has 0 bridgehead atoms. The number of nitriles is 1. The lowest BCUT2D eigenvalue weighted by Crippen LogP contribution is -2.39. The first kappa shape index (κ1) is 21.9. The van der Waals surface area contributed by atoms with Crippen molar-refractivity contribution in [3.63, 3.8) is 0 Å². The summed E-state index contributed by atoms with van der Waals surface area (Å²) in [5.41, 5.74) is 4.42. The first-order chi connectivity index (χ1) is 15.9. The summed E-state index contributed by atoms with van der Waals surface area (Å²) in [5, 5.41) is 14.1. The molecule has 7 nitrogen and oxygen atoms in total. The number of halogens is 1. The van der Waals surface area contributed by atoms with E-state index in [1.54, 1.807) is 0 Å². The van der Waals surface area contributed by atoms with Crippen LogP contribution in [0.3, 0.4) is 0 Å². The number of hydrogen-bond acceptors (Lipinski definition) is 5. The maximum Gasteiger partial charge on any atom is 0.254 e. The highest BCUT2D eigenvalue weighted by molar-refractivity contribution is 9.10. The van der Waals surface area contributed by atoms with E-state index in [9.17, 15) is 10.1 Å².